The van der Waals surface area contributed by atoms with Crippen LogP contribution in [0, 0.1) is 0 Å². The third kappa shape index (κ3) is 3.13. The predicted molar refractivity (Wildman–Crippen MR) is 90.2 cm³/mol. The van der Waals surface area contributed by atoms with E-state index < -0.39 is 11.6 Å². The molecule has 2 aliphatic rings. The van der Waals surface area contributed by atoms with Crippen molar-refractivity contribution in [2.45, 2.75) is 38.0 Å². The number of aliphatic hydroxyl groups is 1. The number of likely N-dealkylation sites (N-methyl/N-ethyl adjacent to an activating group) is 1. The molecule has 1 aliphatic carbocycles. The van der Waals surface area contributed by atoms with Crippen molar-refractivity contribution in [3.63, 3.8) is 0 Å². The molecule has 1 saturated heterocycles. The Bertz CT molecular complexity index is 579. The van der Waals surface area contributed by atoms with Gasteiger partial charge in [0.2, 0.25) is 5.91 Å². The molecule has 0 bridgehead atoms. The average Bonchev–Trinajstić information content (AvgIpc) is 2.84. The fourth-order valence-corrected chi connectivity index (χ4v) is 3.57. The van der Waals surface area contributed by atoms with Crippen molar-refractivity contribution in [1.82, 2.24) is 15.1 Å². The molecule has 2 atom stereocenters. The van der Waals surface area contributed by atoms with Crippen LogP contribution >= 0.6 is 0 Å². The number of benzene rings is 1. The Balaban J connectivity index is 1.71. The van der Waals surface area contributed by atoms with Crippen molar-refractivity contribution in [2.75, 3.05) is 33.2 Å². The van der Waals surface area contributed by atoms with Crippen LogP contribution in [0.3, 0.4) is 0 Å². The van der Waals surface area contributed by atoms with Gasteiger partial charge in [-0.3, -0.25) is 9.69 Å². The Hall–Kier alpha value is -1.43. The number of nitrogens with zero attached hydrogens (tertiary/aromatic N) is 2. The summed E-state index contributed by atoms with van der Waals surface area (Å²) in [6, 6.07) is 7.66. The molecule has 0 spiro atoms. The number of aliphatic hydroxyl groups excluding tert-OH is 1. The number of amides is 1. The van der Waals surface area contributed by atoms with Crippen molar-refractivity contribution in [2.24, 2.45) is 0 Å². The van der Waals surface area contributed by atoms with Crippen molar-refractivity contribution in [3.8, 4) is 0 Å². The van der Waals surface area contributed by atoms with Gasteiger partial charge in [-0.15, -0.1) is 0 Å². The molecule has 0 aromatic heterocycles. The molecular weight excluding hydrogens is 290 g/mol. The van der Waals surface area contributed by atoms with E-state index >= 15 is 0 Å². The summed E-state index contributed by atoms with van der Waals surface area (Å²) in [6.07, 6.45) is 0.0652. The number of rotatable bonds is 3. The van der Waals surface area contributed by atoms with Crippen LogP contribution in [-0.2, 0) is 11.2 Å². The zero-order valence-corrected chi connectivity index (χ0v) is 14.2. The molecule has 1 fully saturated rings. The van der Waals surface area contributed by atoms with Gasteiger partial charge in [-0.1, -0.05) is 24.3 Å². The van der Waals surface area contributed by atoms with Crippen LogP contribution in [0.25, 0.3) is 0 Å². The van der Waals surface area contributed by atoms with Gasteiger partial charge in [0.05, 0.1) is 17.7 Å². The molecule has 5 nitrogen and oxygen atoms in total. The standard InChI is InChI=1S/C18H27N3O2/c1-18(2,21-10-8-20(3)9-11-21)17(23)19-16-14-7-5-4-6-13(14)12-15(16)22/h4-7,15-16,22H,8-12H2,1-3H3,(H,19,23). The highest BCUT2D eigenvalue weighted by Gasteiger charge is 2.39. The number of carbonyl (C=O) groups is 1. The molecule has 2 unspecified atom stereocenters. The summed E-state index contributed by atoms with van der Waals surface area (Å²) in [5.41, 5.74) is 1.60. The summed E-state index contributed by atoms with van der Waals surface area (Å²) in [6.45, 7) is 7.68. The second-order valence-corrected chi connectivity index (χ2v) is 7.27. The van der Waals surface area contributed by atoms with E-state index in [1.54, 1.807) is 0 Å². The molecule has 5 heteroatoms. The van der Waals surface area contributed by atoms with E-state index in [0.717, 1.165) is 37.3 Å². The Morgan fingerprint density at radius 1 is 1.22 bits per heavy atom. The minimum absolute atomic E-state index is 0.0113. The smallest absolute Gasteiger partial charge is 0.240 e. The van der Waals surface area contributed by atoms with Gasteiger partial charge < -0.3 is 15.3 Å². The van der Waals surface area contributed by atoms with Gasteiger partial charge in [-0.25, -0.2) is 0 Å². The minimum Gasteiger partial charge on any atom is -0.390 e. The van der Waals surface area contributed by atoms with Crippen LogP contribution in [0.2, 0.25) is 0 Å². The molecule has 0 saturated carbocycles. The molecular formula is C18H27N3O2. The monoisotopic (exact) mass is 317 g/mol. The Morgan fingerprint density at radius 3 is 2.57 bits per heavy atom. The van der Waals surface area contributed by atoms with Gasteiger partial charge in [0.1, 0.15) is 0 Å². The van der Waals surface area contributed by atoms with Crippen molar-refractivity contribution < 1.29 is 9.90 Å². The van der Waals surface area contributed by atoms with Crippen LogP contribution in [-0.4, -0.2) is 65.7 Å². The summed E-state index contributed by atoms with van der Waals surface area (Å²) in [4.78, 5) is 17.4. The zero-order valence-electron chi connectivity index (χ0n) is 14.2. The highest BCUT2D eigenvalue weighted by atomic mass is 16.3. The Kier molecular flexibility index (Phi) is 4.45. The highest BCUT2D eigenvalue weighted by Crippen LogP contribution is 2.32. The van der Waals surface area contributed by atoms with Gasteiger partial charge in [-0.2, -0.15) is 0 Å². The number of fused-ring (bicyclic) bond motifs is 1. The first-order valence-corrected chi connectivity index (χ1v) is 8.40. The summed E-state index contributed by atoms with van der Waals surface area (Å²) < 4.78 is 0. The number of hydrogen-bond donors (Lipinski definition) is 2. The maximum Gasteiger partial charge on any atom is 0.240 e. The van der Waals surface area contributed by atoms with Crippen molar-refractivity contribution in [1.29, 1.82) is 0 Å². The Labute approximate surface area is 138 Å². The highest BCUT2D eigenvalue weighted by molar-refractivity contribution is 5.86. The van der Waals surface area contributed by atoms with E-state index in [1.807, 2.05) is 38.1 Å². The first kappa shape index (κ1) is 16.4. The van der Waals surface area contributed by atoms with Gasteiger partial charge in [0, 0.05) is 32.6 Å². The third-order valence-corrected chi connectivity index (χ3v) is 5.34. The van der Waals surface area contributed by atoms with Gasteiger partial charge in [0.15, 0.2) is 0 Å². The molecule has 1 heterocycles. The quantitative estimate of drug-likeness (QED) is 0.865. The fourth-order valence-electron chi connectivity index (χ4n) is 3.57. The van der Waals surface area contributed by atoms with Crippen LogP contribution in [0.5, 0.6) is 0 Å². The number of carbonyl (C=O) groups excluding carboxylic acids is 1. The molecule has 3 rings (SSSR count). The Morgan fingerprint density at radius 2 is 1.87 bits per heavy atom. The number of nitrogens with one attached hydrogen (secondary N) is 1. The van der Waals surface area contributed by atoms with Crippen molar-refractivity contribution in [3.05, 3.63) is 35.4 Å². The van der Waals surface area contributed by atoms with Crippen LogP contribution < -0.4 is 5.32 Å². The second-order valence-electron chi connectivity index (χ2n) is 7.27. The van der Waals surface area contributed by atoms with Gasteiger partial charge in [0.25, 0.3) is 0 Å². The third-order valence-electron chi connectivity index (χ3n) is 5.34. The van der Waals surface area contributed by atoms with Crippen molar-refractivity contribution >= 4 is 5.91 Å². The lowest BCUT2D eigenvalue weighted by Crippen LogP contribution is -2.60. The topological polar surface area (TPSA) is 55.8 Å². The van der Waals surface area contributed by atoms with E-state index in [-0.39, 0.29) is 11.9 Å². The molecule has 2 N–H and O–H groups in total. The summed E-state index contributed by atoms with van der Waals surface area (Å²) in [5, 5.41) is 13.4. The molecule has 1 amide bonds. The summed E-state index contributed by atoms with van der Waals surface area (Å²) in [5.74, 6) is -0.0113. The normalized spacial score (nSPS) is 26.1. The van der Waals surface area contributed by atoms with Crippen LogP contribution in [0.1, 0.15) is 31.0 Å². The summed E-state index contributed by atoms with van der Waals surface area (Å²) in [7, 11) is 2.11. The van der Waals surface area contributed by atoms with E-state index in [0.29, 0.717) is 6.42 Å². The zero-order chi connectivity index (χ0) is 16.6. The van der Waals surface area contributed by atoms with Crippen LogP contribution in [0.15, 0.2) is 24.3 Å². The molecule has 1 aliphatic heterocycles. The lowest BCUT2D eigenvalue weighted by molar-refractivity contribution is -0.134. The SMILES string of the molecule is CN1CCN(C(C)(C)C(=O)NC2c3ccccc3CC2O)CC1. The van der Waals surface area contributed by atoms with E-state index in [9.17, 15) is 9.90 Å². The minimum atomic E-state index is -0.571. The van der Waals surface area contributed by atoms with Gasteiger partial charge in [-0.05, 0) is 32.0 Å². The van der Waals surface area contributed by atoms with E-state index in [1.165, 1.54) is 0 Å². The first-order valence-electron chi connectivity index (χ1n) is 8.40. The molecule has 23 heavy (non-hydrogen) atoms. The largest absolute Gasteiger partial charge is 0.390 e. The van der Waals surface area contributed by atoms with E-state index in [2.05, 4.69) is 22.2 Å². The average molecular weight is 317 g/mol. The second kappa shape index (κ2) is 6.23. The summed E-state index contributed by atoms with van der Waals surface area (Å²) >= 11 is 0. The number of hydrogen-bond acceptors (Lipinski definition) is 4. The van der Waals surface area contributed by atoms with Gasteiger partial charge >= 0.3 is 0 Å². The predicted octanol–water partition coefficient (Wildman–Crippen LogP) is 0.787. The van der Waals surface area contributed by atoms with E-state index in [4.69, 9.17) is 0 Å². The molecule has 126 valence electrons. The van der Waals surface area contributed by atoms with Crippen LogP contribution in [0.4, 0.5) is 0 Å². The lowest BCUT2D eigenvalue weighted by Gasteiger charge is -2.42. The lowest BCUT2D eigenvalue weighted by atomic mass is 9.98. The fraction of sp³-hybridized carbons (Fsp3) is 0.611. The molecule has 1 aromatic carbocycles. The maximum atomic E-state index is 12.9. The maximum absolute atomic E-state index is 12.9. The molecule has 0 radical (unpaired) electrons. The first-order chi connectivity index (χ1) is 10.9. The number of piperazine rings is 1. The molecule has 1 aromatic rings.